The number of carbonyl (C=O) groups is 1. The number of nitrogens with zero attached hydrogens (tertiary/aromatic N) is 1. The Morgan fingerprint density at radius 2 is 2.05 bits per heavy atom. The van der Waals surface area contributed by atoms with Gasteiger partial charge in [-0.15, -0.1) is 0 Å². The second-order valence-electron chi connectivity index (χ2n) is 6.45. The van der Waals surface area contributed by atoms with E-state index in [1.165, 1.54) is 11.1 Å². The third kappa shape index (κ3) is 3.68. The van der Waals surface area contributed by atoms with E-state index >= 15 is 0 Å². The molecule has 0 saturated carbocycles. The minimum atomic E-state index is 0.216. The van der Waals surface area contributed by atoms with Crippen LogP contribution in [0.4, 0.5) is 0 Å². The highest BCUT2D eigenvalue weighted by Gasteiger charge is 2.23. The molecule has 120 valence electrons. The molecule has 0 aromatic heterocycles. The van der Waals surface area contributed by atoms with Gasteiger partial charge in [0.1, 0.15) is 0 Å². The molecular formula is C18H26N2O2. The van der Waals surface area contributed by atoms with Gasteiger partial charge in [-0.1, -0.05) is 24.3 Å². The van der Waals surface area contributed by atoms with Crippen LogP contribution in [0.3, 0.4) is 0 Å². The standard InChI is InChI=1S/C18H26N2O2/c1-14(15-7-10-22-11-8-15)19-12-18(21)20-9-6-16-4-2-3-5-17(16)13-20/h2-5,14-15,19H,6-13H2,1H3/t14-/m1/s1. The molecule has 22 heavy (non-hydrogen) atoms. The van der Waals surface area contributed by atoms with Gasteiger partial charge in [-0.25, -0.2) is 0 Å². The average Bonchev–Trinajstić information content (AvgIpc) is 2.59. The van der Waals surface area contributed by atoms with Crippen molar-refractivity contribution in [2.24, 2.45) is 5.92 Å². The first kappa shape index (κ1) is 15.5. The zero-order valence-electron chi connectivity index (χ0n) is 13.4. The van der Waals surface area contributed by atoms with Crippen LogP contribution in [0.1, 0.15) is 30.9 Å². The van der Waals surface area contributed by atoms with E-state index in [1.807, 2.05) is 4.90 Å². The Hall–Kier alpha value is -1.39. The Balaban J connectivity index is 1.48. The highest BCUT2D eigenvalue weighted by Crippen LogP contribution is 2.20. The molecule has 1 atom stereocenters. The van der Waals surface area contributed by atoms with Crippen LogP contribution in [0.15, 0.2) is 24.3 Å². The summed E-state index contributed by atoms with van der Waals surface area (Å²) in [5.74, 6) is 0.844. The van der Waals surface area contributed by atoms with Gasteiger partial charge < -0.3 is 15.0 Å². The van der Waals surface area contributed by atoms with Crippen molar-refractivity contribution in [3.8, 4) is 0 Å². The molecule has 1 aromatic rings. The minimum absolute atomic E-state index is 0.216. The van der Waals surface area contributed by atoms with Gasteiger partial charge in [-0.2, -0.15) is 0 Å². The Morgan fingerprint density at radius 1 is 1.32 bits per heavy atom. The number of hydrogen-bond donors (Lipinski definition) is 1. The smallest absolute Gasteiger partial charge is 0.236 e. The SMILES string of the molecule is C[C@@H](NCC(=O)N1CCc2ccccc2C1)C1CCOCC1. The number of hydrogen-bond acceptors (Lipinski definition) is 3. The predicted molar refractivity (Wildman–Crippen MR) is 86.6 cm³/mol. The van der Waals surface area contributed by atoms with Crippen molar-refractivity contribution in [2.45, 2.75) is 38.8 Å². The van der Waals surface area contributed by atoms with Crippen molar-refractivity contribution in [1.29, 1.82) is 0 Å². The van der Waals surface area contributed by atoms with Gasteiger partial charge in [-0.05, 0) is 43.2 Å². The molecule has 1 amide bonds. The number of ether oxygens (including phenoxy) is 1. The molecule has 2 heterocycles. The molecule has 4 nitrogen and oxygen atoms in total. The van der Waals surface area contributed by atoms with E-state index in [-0.39, 0.29) is 5.91 Å². The first-order valence-electron chi connectivity index (χ1n) is 8.39. The van der Waals surface area contributed by atoms with Crippen LogP contribution in [0.5, 0.6) is 0 Å². The molecule has 2 aliphatic rings. The van der Waals surface area contributed by atoms with Gasteiger partial charge in [0.25, 0.3) is 0 Å². The van der Waals surface area contributed by atoms with Crippen molar-refractivity contribution < 1.29 is 9.53 Å². The number of rotatable bonds is 4. The van der Waals surface area contributed by atoms with Crippen molar-refractivity contribution >= 4 is 5.91 Å². The van der Waals surface area contributed by atoms with E-state index < -0.39 is 0 Å². The summed E-state index contributed by atoms with van der Waals surface area (Å²) in [6, 6.07) is 8.81. The molecule has 0 unspecified atom stereocenters. The highest BCUT2D eigenvalue weighted by atomic mass is 16.5. The summed E-state index contributed by atoms with van der Waals surface area (Å²) in [6.45, 7) is 5.93. The summed E-state index contributed by atoms with van der Waals surface area (Å²) in [7, 11) is 0. The third-order valence-electron chi connectivity index (χ3n) is 5.03. The van der Waals surface area contributed by atoms with Gasteiger partial charge in [0.15, 0.2) is 0 Å². The zero-order chi connectivity index (χ0) is 15.4. The second kappa shape index (κ2) is 7.25. The van der Waals surface area contributed by atoms with Crippen molar-refractivity contribution in [2.75, 3.05) is 26.3 Å². The molecule has 1 saturated heterocycles. The van der Waals surface area contributed by atoms with E-state index in [4.69, 9.17) is 4.74 Å². The lowest BCUT2D eigenvalue weighted by Crippen LogP contribution is -2.45. The van der Waals surface area contributed by atoms with Crippen LogP contribution in [0.2, 0.25) is 0 Å². The van der Waals surface area contributed by atoms with Crippen LogP contribution in [-0.2, 0) is 22.5 Å². The second-order valence-corrected chi connectivity index (χ2v) is 6.45. The summed E-state index contributed by atoms with van der Waals surface area (Å²) in [4.78, 5) is 14.4. The van der Waals surface area contributed by atoms with Gasteiger partial charge in [0.2, 0.25) is 5.91 Å². The first-order chi connectivity index (χ1) is 10.7. The largest absolute Gasteiger partial charge is 0.381 e. The fraction of sp³-hybridized carbons (Fsp3) is 0.611. The maximum atomic E-state index is 12.4. The normalized spacial score (nSPS) is 20.5. The Bertz CT molecular complexity index is 512. The summed E-state index contributed by atoms with van der Waals surface area (Å²) < 4.78 is 5.40. The Kier molecular flexibility index (Phi) is 5.11. The number of amides is 1. The van der Waals surface area contributed by atoms with Crippen molar-refractivity contribution in [3.05, 3.63) is 35.4 Å². The maximum Gasteiger partial charge on any atom is 0.236 e. The zero-order valence-corrected chi connectivity index (χ0v) is 13.4. The van der Waals surface area contributed by atoms with E-state index in [1.54, 1.807) is 0 Å². The topological polar surface area (TPSA) is 41.6 Å². The third-order valence-corrected chi connectivity index (χ3v) is 5.03. The van der Waals surface area contributed by atoms with Crippen molar-refractivity contribution in [3.63, 3.8) is 0 Å². The predicted octanol–water partition coefficient (Wildman–Crippen LogP) is 1.98. The molecule has 0 spiro atoms. The summed E-state index contributed by atoms with van der Waals surface area (Å²) in [6.07, 6.45) is 3.16. The van der Waals surface area contributed by atoms with E-state index in [0.29, 0.717) is 18.5 Å². The lowest BCUT2D eigenvalue weighted by atomic mass is 9.93. The number of fused-ring (bicyclic) bond motifs is 1. The number of nitrogens with one attached hydrogen (secondary N) is 1. The molecule has 2 aliphatic heterocycles. The molecule has 1 N–H and O–H groups in total. The van der Waals surface area contributed by atoms with Crippen LogP contribution in [0, 0.1) is 5.92 Å². The van der Waals surface area contributed by atoms with Crippen LogP contribution in [-0.4, -0.2) is 43.2 Å². The molecule has 1 aromatic carbocycles. The van der Waals surface area contributed by atoms with Crippen LogP contribution < -0.4 is 5.32 Å². The van der Waals surface area contributed by atoms with E-state index in [2.05, 4.69) is 36.5 Å². The molecule has 3 rings (SSSR count). The average molecular weight is 302 g/mol. The Labute approximate surface area is 132 Å². The van der Waals surface area contributed by atoms with E-state index in [0.717, 1.165) is 45.6 Å². The lowest BCUT2D eigenvalue weighted by molar-refractivity contribution is -0.131. The minimum Gasteiger partial charge on any atom is -0.381 e. The first-order valence-corrected chi connectivity index (χ1v) is 8.39. The summed E-state index contributed by atoms with van der Waals surface area (Å²) in [5.41, 5.74) is 2.68. The quantitative estimate of drug-likeness (QED) is 0.924. The van der Waals surface area contributed by atoms with Gasteiger partial charge in [0.05, 0.1) is 6.54 Å². The van der Waals surface area contributed by atoms with Gasteiger partial charge in [-0.3, -0.25) is 4.79 Å². The molecular weight excluding hydrogens is 276 g/mol. The fourth-order valence-electron chi connectivity index (χ4n) is 3.45. The number of carbonyl (C=O) groups excluding carboxylic acids is 1. The molecule has 0 aliphatic carbocycles. The lowest BCUT2D eigenvalue weighted by Gasteiger charge is -2.31. The Morgan fingerprint density at radius 3 is 2.82 bits per heavy atom. The highest BCUT2D eigenvalue weighted by molar-refractivity contribution is 5.78. The van der Waals surface area contributed by atoms with Gasteiger partial charge >= 0.3 is 0 Å². The molecule has 0 radical (unpaired) electrons. The fourth-order valence-corrected chi connectivity index (χ4v) is 3.45. The number of benzene rings is 1. The van der Waals surface area contributed by atoms with Crippen molar-refractivity contribution in [1.82, 2.24) is 10.2 Å². The molecule has 4 heteroatoms. The van der Waals surface area contributed by atoms with Gasteiger partial charge in [0, 0.05) is 32.3 Å². The maximum absolute atomic E-state index is 12.4. The molecule has 1 fully saturated rings. The summed E-state index contributed by atoms with van der Waals surface area (Å²) >= 11 is 0. The summed E-state index contributed by atoms with van der Waals surface area (Å²) in [5, 5.41) is 3.43. The van der Waals surface area contributed by atoms with Crippen LogP contribution >= 0.6 is 0 Å². The monoisotopic (exact) mass is 302 g/mol. The molecule has 0 bridgehead atoms. The van der Waals surface area contributed by atoms with E-state index in [9.17, 15) is 4.79 Å². The van der Waals surface area contributed by atoms with Crippen LogP contribution in [0.25, 0.3) is 0 Å².